The third kappa shape index (κ3) is 3.20. The Hall–Kier alpha value is -1.06. The number of para-hydroxylation sites is 1. The number of anilines is 1. The molecule has 94 valence electrons. The lowest BCUT2D eigenvalue weighted by molar-refractivity contribution is 0.145. The number of aliphatic hydroxyl groups is 1. The molecule has 0 bridgehead atoms. The fourth-order valence-corrected chi connectivity index (χ4v) is 2.43. The Morgan fingerprint density at radius 1 is 1.24 bits per heavy atom. The van der Waals surface area contributed by atoms with E-state index in [4.69, 9.17) is 5.73 Å². The van der Waals surface area contributed by atoms with Crippen molar-refractivity contribution in [1.29, 1.82) is 0 Å². The van der Waals surface area contributed by atoms with E-state index in [-0.39, 0.29) is 6.10 Å². The Morgan fingerprint density at radius 2 is 1.94 bits per heavy atom. The van der Waals surface area contributed by atoms with Gasteiger partial charge in [-0.3, -0.25) is 0 Å². The fourth-order valence-electron chi connectivity index (χ4n) is 2.43. The first-order chi connectivity index (χ1) is 8.31. The van der Waals surface area contributed by atoms with Gasteiger partial charge in [-0.1, -0.05) is 18.2 Å². The molecule has 0 saturated carbocycles. The first kappa shape index (κ1) is 12.4. The van der Waals surface area contributed by atoms with E-state index >= 15 is 0 Å². The Kier molecular flexibility index (Phi) is 4.40. The van der Waals surface area contributed by atoms with Gasteiger partial charge in [0.25, 0.3) is 0 Å². The number of hydrogen-bond donors (Lipinski definition) is 2. The molecule has 2 rings (SSSR count). The van der Waals surface area contributed by atoms with Crippen LogP contribution >= 0.6 is 0 Å². The molecule has 1 aliphatic heterocycles. The molecule has 17 heavy (non-hydrogen) atoms. The van der Waals surface area contributed by atoms with Gasteiger partial charge in [0.1, 0.15) is 0 Å². The van der Waals surface area contributed by atoms with E-state index in [1.165, 1.54) is 11.3 Å². The van der Waals surface area contributed by atoms with Crippen molar-refractivity contribution in [2.45, 2.75) is 31.8 Å². The predicted molar refractivity (Wildman–Crippen MR) is 71.3 cm³/mol. The van der Waals surface area contributed by atoms with E-state index in [9.17, 15) is 5.11 Å². The van der Waals surface area contributed by atoms with Crippen LogP contribution in [0.25, 0.3) is 0 Å². The number of aryl methyl sites for hydroxylation is 1. The van der Waals surface area contributed by atoms with Crippen molar-refractivity contribution in [3.05, 3.63) is 29.8 Å². The zero-order chi connectivity index (χ0) is 12.1. The second-order valence-corrected chi connectivity index (χ2v) is 4.74. The first-order valence-electron chi connectivity index (χ1n) is 6.52. The molecule has 3 N–H and O–H groups in total. The van der Waals surface area contributed by atoms with Crippen molar-refractivity contribution in [2.24, 2.45) is 5.73 Å². The average molecular weight is 234 g/mol. The van der Waals surface area contributed by atoms with E-state index in [1.54, 1.807) is 0 Å². The molecule has 0 atom stereocenters. The largest absolute Gasteiger partial charge is 0.393 e. The van der Waals surface area contributed by atoms with Crippen LogP contribution in [0.3, 0.4) is 0 Å². The van der Waals surface area contributed by atoms with E-state index in [0.717, 1.165) is 45.3 Å². The summed E-state index contributed by atoms with van der Waals surface area (Å²) in [6.45, 7) is 2.66. The fraction of sp³-hybridized carbons (Fsp3) is 0.571. The van der Waals surface area contributed by atoms with Crippen LogP contribution in [0.1, 0.15) is 24.8 Å². The van der Waals surface area contributed by atoms with Crippen molar-refractivity contribution in [3.63, 3.8) is 0 Å². The Labute approximate surface area is 103 Å². The summed E-state index contributed by atoms with van der Waals surface area (Å²) in [7, 11) is 0. The van der Waals surface area contributed by atoms with E-state index in [0.29, 0.717) is 0 Å². The maximum absolute atomic E-state index is 9.54. The van der Waals surface area contributed by atoms with E-state index < -0.39 is 0 Å². The summed E-state index contributed by atoms with van der Waals surface area (Å²) in [5, 5.41) is 9.54. The molecule has 3 heteroatoms. The minimum absolute atomic E-state index is 0.109. The zero-order valence-corrected chi connectivity index (χ0v) is 10.3. The SMILES string of the molecule is NCCCc1ccccc1N1CCC(O)CC1. The van der Waals surface area contributed by atoms with Gasteiger partial charge in [-0.05, 0) is 43.9 Å². The quantitative estimate of drug-likeness (QED) is 0.831. The molecule has 0 aromatic heterocycles. The normalized spacial score (nSPS) is 17.4. The lowest BCUT2D eigenvalue weighted by Gasteiger charge is -2.33. The highest BCUT2D eigenvalue weighted by molar-refractivity contribution is 5.54. The molecular formula is C14H22N2O. The van der Waals surface area contributed by atoms with Gasteiger partial charge in [-0.15, -0.1) is 0 Å². The minimum atomic E-state index is -0.109. The number of nitrogens with zero attached hydrogens (tertiary/aromatic N) is 1. The van der Waals surface area contributed by atoms with Crippen LogP contribution in [0, 0.1) is 0 Å². The van der Waals surface area contributed by atoms with Crippen LogP contribution in [-0.2, 0) is 6.42 Å². The summed E-state index contributed by atoms with van der Waals surface area (Å²) < 4.78 is 0. The molecule has 1 aliphatic rings. The average Bonchev–Trinajstić information content (AvgIpc) is 2.38. The van der Waals surface area contributed by atoms with Crippen LogP contribution < -0.4 is 10.6 Å². The Morgan fingerprint density at radius 3 is 2.65 bits per heavy atom. The van der Waals surface area contributed by atoms with Crippen molar-refractivity contribution in [2.75, 3.05) is 24.5 Å². The summed E-state index contributed by atoms with van der Waals surface area (Å²) in [4.78, 5) is 2.39. The van der Waals surface area contributed by atoms with Crippen LogP contribution in [0.2, 0.25) is 0 Å². The summed E-state index contributed by atoms with van der Waals surface area (Å²) >= 11 is 0. The van der Waals surface area contributed by atoms with E-state index in [1.807, 2.05) is 0 Å². The highest BCUT2D eigenvalue weighted by atomic mass is 16.3. The molecule has 3 nitrogen and oxygen atoms in total. The van der Waals surface area contributed by atoms with Crippen LogP contribution in [0.4, 0.5) is 5.69 Å². The highest BCUT2D eigenvalue weighted by Gasteiger charge is 2.18. The second-order valence-electron chi connectivity index (χ2n) is 4.74. The smallest absolute Gasteiger partial charge is 0.0574 e. The van der Waals surface area contributed by atoms with Gasteiger partial charge in [-0.2, -0.15) is 0 Å². The summed E-state index contributed by atoms with van der Waals surface area (Å²) in [6, 6.07) is 8.56. The standard InChI is InChI=1S/C14H22N2O/c15-9-3-5-12-4-1-2-6-14(12)16-10-7-13(17)8-11-16/h1-2,4,6,13,17H,3,5,7-11,15H2. The lowest BCUT2D eigenvalue weighted by atomic mass is 10.0. The molecular weight excluding hydrogens is 212 g/mol. The van der Waals surface area contributed by atoms with Gasteiger partial charge in [0.15, 0.2) is 0 Å². The van der Waals surface area contributed by atoms with Crippen LogP contribution in [-0.4, -0.2) is 30.8 Å². The minimum Gasteiger partial charge on any atom is -0.393 e. The monoisotopic (exact) mass is 234 g/mol. The van der Waals surface area contributed by atoms with E-state index in [2.05, 4.69) is 29.2 Å². The van der Waals surface area contributed by atoms with Gasteiger partial charge in [0.2, 0.25) is 0 Å². The van der Waals surface area contributed by atoms with Gasteiger partial charge < -0.3 is 15.7 Å². The van der Waals surface area contributed by atoms with Crippen LogP contribution in [0.15, 0.2) is 24.3 Å². The Bertz CT molecular complexity index is 346. The summed E-state index contributed by atoms with van der Waals surface area (Å²) in [6.07, 6.45) is 3.73. The van der Waals surface area contributed by atoms with Gasteiger partial charge >= 0.3 is 0 Å². The number of benzene rings is 1. The number of piperidine rings is 1. The molecule has 1 saturated heterocycles. The number of nitrogens with two attached hydrogens (primary N) is 1. The molecule has 0 unspecified atom stereocenters. The third-order valence-corrected chi connectivity index (χ3v) is 3.45. The highest BCUT2D eigenvalue weighted by Crippen LogP contribution is 2.25. The molecule has 0 aliphatic carbocycles. The van der Waals surface area contributed by atoms with Crippen LogP contribution in [0.5, 0.6) is 0 Å². The lowest BCUT2D eigenvalue weighted by Crippen LogP contribution is -2.36. The zero-order valence-electron chi connectivity index (χ0n) is 10.3. The van der Waals surface area contributed by atoms with Gasteiger partial charge in [0, 0.05) is 18.8 Å². The maximum Gasteiger partial charge on any atom is 0.0574 e. The maximum atomic E-state index is 9.54. The topological polar surface area (TPSA) is 49.5 Å². The van der Waals surface area contributed by atoms with Gasteiger partial charge in [-0.25, -0.2) is 0 Å². The Balaban J connectivity index is 2.08. The molecule has 0 radical (unpaired) electrons. The van der Waals surface area contributed by atoms with Crippen molar-refractivity contribution in [1.82, 2.24) is 0 Å². The molecule has 1 heterocycles. The molecule has 1 fully saturated rings. The number of hydrogen-bond acceptors (Lipinski definition) is 3. The predicted octanol–water partition coefficient (Wildman–Crippen LogP) is 1.54. The second kappa shape index (κ2) is 6.03. The third-order valence-electron chi connectivity index (χ3n) is 3.45. The molecule has 1 aromatic carbocycles. The first-order valence-corrected chi connectivity index (χ1v) is 6.52. The summed E-state index contributed by atoms with van der Waals surface area (Å²) in [5.74, 6) is 0. The molecule has 1 aromatic rings. The number of aliphatic hydroxyl groups excluding tert-OH is 1. The molecule has 0 amide bonds. The van der Waals surface area contributed by atoms with Gasteiger partial charge in [0.05, 0.1) is 6.10 Å². The van der Waals surface area contributed by atoms with Crippen molar-refractivity contribution >= 4 is 5.69 Å². The summed E-state index contributed by atoms with van der Waals surface area (Å²) in [5.41, 5.74) is 8.29. The van der Waals surface area contributed by atoms with Crippen molar-refractivity contribution in [3.8, 4) is 0 Å². The number of rotatable bonds is 4. The van der Waals surface area contributed by atoms with Crippen molar-refractivity contribution < 1.29 is 5.11 Å². The molecule has 0 spiro atoms.